The summed E-state index contributed by atoms with van der Waals surface area (Å²) in [7, 11) is 0. The van der Waals surface area contributed by atoms with Crippen molar-refractivity contribution >= 4 is 50.5 Å². The van der Waals surface area contributed by atoms with E-state index in [0.29, 0.717) is 17.3 Å². The molecule has 2 aromatic rings. The molecule has 4 nitrogen and oxygen atoms in total. The van der Waals surface area contributed by atoms with Crippen LogP contribution in [-0.4, -0.2) is 48.4 Å². The minimum absolute atomic E-state index is 0.0227. The number of benzene rings is 1. The topological polar surface area (TPSA) is 35.6 Å². The Morgan fingerprint density at radius 2 is 1.96 bits per heavy atom. The highest BCUT2D eigenvalue weighted by Gasteiger charge is 2.19. The minimum atomic E-state index is -0.0227. The lowest BCUT2D eigenvalue weighted by molar-refractivity contribution is -0.117. The molecular weight excluding hydrogens is 410 g/mol. The fraction of sp³-hybridized carbons (Fsp3) is 0.353. The zero-order chi connectivity index (χ0) is 16.9. The molecule has 0 spiro atoms. The van der Waals surface area contributed by atoms with Crippen molar-refractivity contribution in [3.63, 3.8) is 0 Å². The van der Waals surface area contributed by atoms with Gasteiger partial charge in [-0.1, -0.05) is 27.5 Å². The van der Waals surface area contributed by atoms with E-state index < -0.39 is 0 Å². The second kappa shape index (κ2) is 8.45. The molecule has 3 rings (SSSR count). The Bertz CT molecular complexity index is 687. The van der Waals surface area contributed by atoms with E-state index in [9.17, 15) is 4.79 Å². The van der Waals surface area contributed by atoms with Gasteiger partial charge in [-0.05, 0) is 40.6 Å². The van der Waals surface area contributed by atoms with Gasteiger partial charge >= 0.3 is 0 Å². The molecule has 0 unspecified atom stereocenters. The average molecular weight is 429 g/mol. The molecule has 7 heteroatoms. The summed E-state index contributed by atoms with van der Waals surface area (Å²) in [6, 6.07) is 7.63. The quantitative estimate of drug-likeness (QED) is 0.784. The number of amides is 1. The van der Waals surface area contributed by atoms with Gasteiger partial charge in [0.05, 0.1) is 17.3 Å². The lowest BCUT2D eigenvalue weighted by atomic mass is 10.2. The Balaban J connectivity index is 1.44. The lowest BCUT2D eigenvalue weighted by Gasteiger charge is -2.34. The molecule has 128 valence electrons. The second-order valence-electron chi connectivity index (χ2n) is 5.86. The van der Waals surface area contributed by atoms with Crippen LogP contribution in [0, 0.1) is 0 Å². The predicted molar refractivity (Wildman–Crippen MR) is 104 cm³/mol. The van der Waals surface area contributed by atoms with Crippen molar-refractivity contribution in [3.8, 4) is 0 Å². The number of carbonyl (C=O) groups excluding carboxylic acids is 1. The van der Waals surface area contributed by atoms with Crippen LogP contribution in [0.5, 0.6) is 0 Å². The van der Waals surface area contributed by atoms with Gasteiger partial charge in [0.1, 0.15) is 0 Å². The van der Waals surface area contributed by atoms with Crippen LogP contribution in [0.25, 0.3) is 0 Å². The molecule has 1 N–H and O–H groups in total. The van der Waals surface area contributed by atoms with Crippen molar-refractivity contribution < 1.29 is 4.79 Å². The van der Waals surface area contributed by atoms with Gasteiger partial charge in [-0.15, -0.1) is 0 Å². The van der Waals surface area contributed by atoms with Gasteiger partial charge in [0, 0.05) is 37.2 Å². The van der Waals surface area contributed by atoms with E-state index in [1.165, 1.54) is 5.56 Å². The normalized spacial score (nSPS) is 16.2. The van der Waals surface area contributed by atoms with Crippen LogP contribution in [0.3, 0.4) is 0 Å². The van der Waals surface area contributed by atoms with Crippen LogP contribution in [0.1, 0.15) is 5.56 Å². The molecule has 0 aliphatic carbocycles. The van der Waals surface area contributed by atoms with Gasteiger partial charge in [-0.3, -0.25) is 14.6 Å². The first kappa shape index (κ1) is 17.9. The highest BCUT2D eigenvalue weighted by atomic mass is 79.9. The van der Waals surface area contributed by atoms with Crippen LogP contribution in [0.2, 0.25) is 5.02 Å². The van der Waals surface area contributed by atoms with E-state index >= 15 is 0 Å². The van der Waals surface area contributed by atoms with Crippen molar-refractivity contribution in [3.05, 3.63) is 50.1 Å². The van der Waals surface area contributed by atoms with E-state index in [1.807, 2.05) is 12.1 Å². The Morgan fingerprint density at radius 1 is 1.21 bits per heavy atom. The molecule has 24 heavy (non-hydrogen) atoms. The molecular formula is C17H19BrClN3OS. The van der Waals surface area contributed by atoms with Crippen LogP contribution in [0.15, 0.2) is 39.5 Å². The van der Waals surface area contributed by atoms with Gasteiger partial charge in [0.25, 0.3) is 0 Å². The van der Waals surface area contributed by atoms with Gasteiger partial charge in [-0.25, -0.2) is 0 Å². The largest absolute Gasteiger partial charge is 0.324 e. The first-order chi connectivity index (χ1) is 11.6. The maximum absolute atomic E-state index is 12.2. The van der Waals surface area contributed by atoms with Crippen LogP contribution in [-0.2, 0) is 11.3 Å². The Hall–Kier alpha value is -0.920. The number of thiophene rings is 1. The highest BCUT2D eigenvalue weighted by molar-refractivity contribution is 9.10. The predicted octanol–water partition coefficient (Wildman–Crippen LogP) is 3.92. The second-order valence-corrected chi connectivity index (χ2v) is 7.96. The molecule has 0 atom stereocenters. The molecule has 0 saturated carbocycles. The zero-order valence-corrected chi connectivity index (χ0v) is 16.3. The molecule has 0 bridgehead atoms. The van der Waals surface area contributed by atoms with Gasteiger partial charge in [-0.2, -0.15) is 11.3 Å². The molecule has 1 saturated heterocycles. The average Bonchev–Trinajstić information content (AvgIpc) is 3.05. The zero-order valence-electron chi connectivity index (χ0n) is 13.2. The van der Waals surface area contributed by atoms with E-state index in [2.05, 4.69) is 47.9 Å². The first-order valence-electron chi connectivity index (χ1n) is 7.81. The SMILES string of the molecule is O=C(CN1CCN(Cc2ccsc2)CC1)Nc1ccc(Br)cc1Cl. The summed E-state index contributed by atoms with van der Waals surface area (Å²) in [6.07, 6.45) is 0. The standard InChI is InChI=1S/C17H19BrClN3OS/c18-14-1-2-16(15(19)9-14)20-17(23)11-22-6-4-21(5-7-22)10-13-3-8-24-12-13/h1-3,8-9,12H,4-7,10-11H2,(H,20,23). The number of hydrogen-bond donors (Lipinski definition) is 1. The lowest BCUT2D eigenvalue weighted by Crippen LogP contribution is -2.48. The summed E-state index contributed by atoms with van der Waals surface area (Å²) >= 11 is 11.2. The Labute approximate surface area is 159 Å². The fourth-order valence-corrected chi connectivity index (χ4v) is 4.11. The van der Waals surface area contributed by atoms with Crippen LogP contribution >= 0.6 is 38.9 Å². The van der Waals surface area contributed by atoms with Gasteiger partial charge in [0.2, 0.25) is 5.91 Å². The monoisotopic (exact) mass is 427 g/mol. The number of rotatable bonds is 5. The van der Waals surface area contributed by atoms with Crippen molar-refractivity contribution in [1.29, 1.82) is 0 Å². The maximum atomic E-state index is 12.2. The van der Waals surface area contributed by atoms with Gasteiger partial charge in [0.15, 0.2) is 0 Å². The fourth-order valence-electron chi connectivity index (χ4n) is 2.73. The number of nitrogens with one attached hydrogen (secondary N) is 1. The Morgan fingerprint density at radius 3 is 2.62 bits per heavy atom. The molecule has 2 heterocycles. The van der Waals surface area contributed by atoms with Crippen molar-refractivity contribution in [1.82, 2.24) is 9.80 Å². The number of halogens is 2. The third-order valence-corrected chi connectivity index (χ3v) is 5.56. The summed E-state index contributed by atoms with van der Waals surface area (Å²) in [5.41, 5.74) is 2.03. The van der Waals surface area contributed by atoms with E-state index in [-0.39, 0.29) is 5.91 Å². The summed E-state index contributed by atoms with van der Waals surface area (Å²) in [5.74, 6) is -0.0227. The first-order valence-corrected chi connectivity index (χ1v) is 9.92. The summed E-state index contributed by atoms with van der Waals surface area (Å²) in [4.78, 5) is 16.8. The molecule has 1 aromatic carbocycles. The van der Waals surface area contributed by atoms with E-state index in [1.54, 1.807) is 17.4 Å². The summed E-state index contributed by atoms with van der Waals surface area (Å²) < 4.78 is 0.896. The molecule has 1 aliphatic rings. The van der Waals surface area contributed by atoms with Crippen molar-refractivity contribution in [2.45, 2.75) is 6.54 Å². The summed E-state index contributed by atoms with van der Waals surface area (Å²) in [5, 5.41) is 7.74. The number of nitrogens with zero attached hydrogens (tertiary/aromatic N) is 2. The molecule has 1 aromatic heterocycles. The van der Waals surface area contributed by atoms with Crippen LogP contribution in [0.4, 0.5) is 5.69 Å². The Kier molecular flexibility index (Phi) is 6.30. The van der Waals surface area contributed by atoms with E-state index in [4.69, 9.17) is 11.6 Å². The molecule has 0 radical (unpaired) electrons. The number of carbonyl (C=O) groups is 1. The smallest absolute Gasteiger partial charge is 0.238 e. The third kappa shape index (κ3) is 5.04. The minimum Gasteiger partial charge on any atom is -0.324 e. The number of anilines is 1. The number of piperazine rings is 1. The van der Waals surface area contributed by atoms with Gasteiger partial charge < -0.3 is 5.32 Å². The van der Waals surface area contributed by atoms with Crippen molar-refractivity contribution in [2.75, 3.05) is 38.0 Å². The van der Waals surface area contributed by atoms with Crippen LogP contribution < -0.4 is 5.32 Å². The number of hydrogen-bond acceptors (Lipinski definition) is 4. The highest BCUT2D eigenvalue weighted by Crippen LogP contribution is 2.25. The molecule has 1 aliphatic heterocycles. The maximum Gasteiger partial charge on any atom is 0.238 e. The summed E-state index contributed by atoms with van der Waals surface area (Å²) in [6.45, 7) is 5.19. The van der Waals surface area contributed by atoms with Crippen molar-refractivity contribution in [2.24, 2.45) is 0 Å². The van der Waals surface area contributed by atoms with E-state index in [0.717, 1.165) is 37.2 Å². The molecule has 1 amide bonds. The third-order valence-electron chi connectivity index (χ3n) is 4.02. The molecule has 1 fully saturated rings.